The zero-order chi connectivity index (χ0) is 17.0. The van der Waals surface area contributed by atoms with Gasteiger partial charge < -0.3 is 24.4 Å². The number of carbonyl (C=O) groups excluding carboxylic acids is 1. The van der Waals surface area contributed by atoms with Crippen LogP contribution in [0.2, 0.25) is 0 Å². The summed E-state index contributed by atoms with van der Waals surface area (Å²) in [5.41, 5.74) is 0.130. The Kier molecular flexibility index (Phi) is 5.38. The highest BCUT2D eigenvalue weighted by molar-refractivity contribution is 7.71. The molecule has 1 aromatic carbocycles. The van der Waals surface area contributed by atoms with Gasteiger partial charge in [0.1, 0.15) is 0 Å². The van der Waals surface area contributed by atoms with Crippen molar-refractivity contribution in [2.24, 2.45) is 0 Å². The lowest BCUT2D eigenvalue weighted by molar-refractivity contribution is -0.305. The third-order valence-corrected chi connectivity index (χ3v) is 3.51. The molecule has 1 aromatic heterocycles. The lowest BCUT2D eigenvalue weighted by Gasteiger charge is -2.13. The Labute approximate surface area is 137 Å². The summed E-state index contributed by atoms with van der Waals surface area (Å²) < 4.78 is 12.4. The number of aliphatic carboxylic acids is 1. The van der Waals surface area contributed by atoms with Gasteiger partial charge in [-0.25, -0.2) is 0 Å². The zero-order valence-electron chi connectivity index (χ0n) is 12.9. The normalized spacial score (nSPS) is 10.7. The van der Waals surface area contributed by atoms with Crippen molar-refractivity contribution in [2.45, 2.75) is 26.8 Å². The standard InChI is InChI=1S/C15H18N2O5S/c1-3-21-11-7-9-10(8-12(11)22-4-2)16-15(23)17(14(9)20)6-5-13(18)19/h7-8H,3-6H2,1-2H3,(H,16,23)(H,18,19)/p-1. The Morgan fingerprint density at radius 1 is 1.26 bits per heavy atom. The van der Waals surface area contributed by atoms with Crippen molar-refractivity contribution in [3.05, 3.63) is 27.3 Å². The molecule has 0 aliphatic rings. The van der Waals surface area contributed by atoms with Crippen molar-refractivity contribution in [3.8, 4) is 11.5 Å². The maximum absolute atomic E-state index is 12.6. The molecule has 8 heteroatoms. The van der Waals surface area contributed by atoms with Crippen molar-refractivity contribution in [3.63, 3.8) is 0 Å². The number of carbonyl (C=O) groups is 1. The number of carboxylic acids is 1. The molecule has 0 bridgehead atoms. The molecule has 0 atom stereocenters. The number of nitrogens with one attached hydrogen (secondary N) is 1. The van der Waals surface area contributed by atoms with Gasteiger partial charge in [-0.2, -0.15) is 0 Å². The summed E-state index contributed by atoms with van der Waals surface area (Å²) in [6.45, 7) is 4.50. The van der Waals surface area contributed by atoms with E-state index in [9.17, 15) is 14.7 Å². The van der Waals surface area contributed by atoms with E-state index in [0.29, 0.717) is 35.6 Å². The number of rotatable bonds is 7. The molecule has 0 amide bonds. The Morgan fingerprint density at radius 2 is 1.87 bits per heavy atom. The van der Waals surface area contributed by atoms with E-state index < -0.39 is 5.97 Å². The molecule has 0 saturated heterocycles. The first-order chi connectivity index (χ1) is 11.0. The number of carboxylic acid groups (broad SMARTS) is 1. The summed E-state index contributed by atoms with van der Waals surface area (Å²) >= 11 is 5.13. The summed E-state index contributed by atoms with van der Waals surface area (Å²) in [4.78, 5) is 26.1. The molecule has 1 heterocycles. The number of nitrogens with zero attached hydrogens (tertiary/aromatic N) is 1. The second-order valence-corrected chi connectivity index (χ2v) is 5.11. The van der Waals surface area contributed by atoms with Crippen LogP contribution in [0.5, 0.6) is 11.5 Å². The minimum absolute atomic E-state index is 0.0520. The Balaban J connectivity index is 2.63. The van der Waals surface area contributed by atoms with Gasteiger partial charge in [0, 0.05) is 25.0 Å². The molecule has 7 nitrogen and oxygen atoms in total. The maximum Gasteiger partial charge on any atom is 0.262 e. The highest BCUT2D eigenvalue weighted by Gasteiger charge is 2.12. The molecule has 124 valence electrons. The molecule has 1 N–H and O–H groups in total. The van der Waals surface area contributed by atoms with Crippen molar-refractivity contribution in [1.82, 2.24) is 9.55 Å². The van der Waals surface area contributed by atoms with Crippen LogP contribution in [0.15, 0.2) is 16.9 Å². The number of hydrogen-bond acceptors (Lipinski definition) is 6. The predicted octanol–water partition coefficient (Wildman–Crippen LogP) is 0.996. The Morgan fingerprint density at radius 3 is 2.43 bits per heavy atom. The fourth-order valence-corrected chi connectivity index (χ4v) is 2.49. The van der Waals surface area contributed by atoms with Crippen molar-refractivity contribution < 1.29 is 19.4 Å². The third kappa shape index (κ3) is 3.70. The quantitative estimate of drug-likeness (QED) is 0.757. The van der Waals surface area contributed by atoms with E-state index in [4.69, 9.17) is 21.7 Å². The molecule has 0 spiro atoms. The van der Waals surface area contributed by atoms with Gasteiger partial charge in [-0.05, 0) is 32.1 Å². The first kappa shape index (κ1) is 17.0. The smallest absolute Gasteiger partial charge is 0.262 e. The Hall–Kier alpha value is -2.35. The van der Waals surface area contributed by atoms with E-state index in [1.165, 1.54) is 4.57 Å². The number of hydrogen-bond donors (Lipinski definition) is 1. The molecule has 2 rings (SSSR count). The van der Waals surface area contributed by atoms with Crippen molar-refractivity contribution in [1.29, 1.82) is 0 Å². The summed E-state index contributed by atoms with van der Waals surface area (Å²) in [5, 5.41) is 11.0. The van der Waals surface area contributed by atoms with Crippen molar-refractivity contribution in [2.75, 3.05) is 13.2 Å². The molecule has 0 aliphatic heterocycles. The molecule has 0 aliphatic carbocycles. The van der Waals surface area contributed by atoms with Crippen LogP contribution in [0.25, 0.3) is 10.9 Å². The zero-order valence-corrected chi connectivity index (χ0v) is 13.7. The van der Waals surface area contributed by atoms with E-state index in [2.05, 4.69) is 4.98 Å². The number of ether oxygens (including phenoxy) is 2. The lowest BCUT2D eigenvalue weighted by atomic mass is 10.2. The van der Waals surface area contributed by atoms with Gasteiger partial charge in [0.2, 0.25) is 0 Å². The van der Waals surface area contributed by atoms with Crippen LogP contribution in [0.3, 0.4) is 0 Å². The number of H-pyrrole nitrogens is 1. The van der Waals surface area contributed by atoms with Gasteiger partial charge in [0.25, 0.3) is 5.56 Å². The molecular formula is C15H17N2O5S-. The molecule has 23 heavy (non-hydrogen) atoms. The van der Waals surface area contributed by atoms with E-state index in [-0.39, 0.29) is 23.3 Å². The summed E-state index contributed by atoms with van der Waals surface area (Å²) in [5.74, 6) is -0.275. The average Bonchev–Trinajstić information content (AvgIpc) is 2.48. The lowest BCUT2D eigenvalue weighted by Crippen LogP contribution is -2.28. The van der Waals surface area contributed by atoms with Gasteiger partial charge in [-0.1, -0.05) is 0 Å². The van der Waals surface area contributed by atoms with E-state index in [1.807, 2.05) is 13.8 Å². The number of benzene rings is 1. The molecule has 0 radical (unpaired) electrons. The predicted molar refractivity (Wildman–Crippen MR) is 85.4 cm³/mol. The van der Waals surface area contributed by atoms with Crippen LogP contribution in [-0.4, -0.2) is 28.7 Å². The summed E-state index contributed by atoms with van der Waals surface area (Å²) in [6.07, 6.45) is -0.293. The summed E-state index contributed by atoms with van der Waals surface area (Å²) in [7, 11) is 0. The van der Waals surface area contributed by atoms with Gasteiger partial charge in [-0.3, -0.25) is 9.36 Å². The van der Waals surface area contributed by atoms with Crippen LogP contribution < -0.4 is 20.1 Å². The van der Waals surface area contributed by atoms with Gasteiger partial charge in [-0.15, -0.1) is 0 Å². The number of fused-ring (bicyclic) bond motifs is 1. The first-order valence-electron chi connectivity index (χ1n) is 7.24. The van der Waals surface area contributed by atoms with Crippen LogP contribution in [0, 0.1) is 4.77 Å². The number of aromatic amines is 1. The van der Waals surface area contributed by atoms with Gasteiger partial charge in [0.05, 0.1) is 24.1 Å². The van der Waals surface area contributed by atoms with Crippen molar-refractivity contribution >= 4 is 29.1 Å². The molecule has 0 unspecified atom stereocenters. The second-order valence-electron chi connectivity index (χ2n) is 4.72. The average molecular weight is 337 g/mol. The molecular weight excluding hydrogens is 320 g/mol. The van der Waals surface area contributed by atoms with Crippen LogP contribution in [0.1, 0.15) is 20.3 Å². The SMILES string of the molecule is CCOc1cc2[nH]c(=S)n(CCC(=O)[O-])c(=O)c2cc1OCC. The molecule has 2 aromatic rings. The van der Waals surface area contributed by atoms with Gasteiger partial charge in [0.15, 0.2) is 16.3 Å². The fourth-order valence-electron chi connectivity index (χ4n) is 2.20. The molecule has 0 saturated carbocycles. The molecule has 0 fully saturated rings. The second kappa shape index (κ2) is 7.28. The minimum Gasteiger partial charge on any atom is -0.550 e. The third-order valence-electron chi connectivity index (χ3n) is 3.19. The van der Waals surface area contributed by atoms with E-state index in [0.717, 1.165) is 0 Å². The monoisotopic (exact) mass is 337 g/mol. The highest BCUT2D eigenvalue weighted by atomic mass is 32.1. The van der Waals surface area contributed by atoms with Crippen LogP contribution in [0.4, 0.5) is 0 Å². The number of aromatic nitrogens is 2. The van der Waals surface area contributed by atoms with Crippen LogP contribution >= 0.6 is 12.2 Å². The highest BCUT2D eigenvalue weighted by Crippen LogP contribution is 2.30. The maximum atomic E-state index is 12.6. The largest absolute Gasteiger partial charge is 0.550 e. The van der Waals surface area contributed by atoms with E-state index in [1.54, 1.807) is 12.1 Å². The first-order valence-corrected chi connectivity index (χ1v) is 7.65. The Bertz CT molecular complexity index is 840. The fraction of sp³-hybridized carbons (Fsp3) is 0.400. The summed E-state index contributed by atoms with van der Waals surface area (Å²) in [6, 6.07) is 3.23. The van der Waals surface area contributed by atoms with Crippen LogP contribution in [-0.2, 0) is 11.3 Å². The van der Waals surface area contributed by atoms with Gasteiger partial charge >= 0.3 is 0 Å². The minimum atomic E-state index is -1.24. The van der Waals surface area contributed by atoms with E-state index >= 15 is 0 Å². The topological polar surface area (TPSA) is 96.4 Å².